The Bertz CT molecular complexity index is 478. The molecule has 5 heteroatoms. The third kappa shape index (κ3) is 1.73. The van der Waals surface area contributed by atoms with Crippen LogP contribution in [0.1, 0.15) is 12.8 Å². The van der Waals surface area contributed by atoms with Gasteiger partial charge in [-0.05, 0) is 25.0 Å². The maximum atomic E-state index is 12.2. The molecule has 0 radical (unpaired) electrons. The lowest BCUT2D eigenvalue weighted by molar-refractivity contribution is -0.119. The average Bonchev–Trinajstić information content (AvgIpc) is 2.87. The molecule has 0 aliphatic carbocycles. The van der Waals surface area contributed by atoms with Crippen LogP contribution in [0.2, 0.25) is 10.0 Å². The number of fused-ring (bicyclic) bond motifs is 1. The minimum Gasteiger partial charge on any atom is -0.296 e. The number of nitrogens with zero attached hydrogens (tertiary/aromatic N) is 2. The molecular weight excluding hydrogens is 259 g/mol. The fraction of sp³-hybridized carbons (Fsp3) is 0.417. The first-order valence-electron chi connectivity index (χ1n) is 5.68. The van der Waals surface area contributed by atoms with Crippen LogP contribution >= 0.6 is 23.2 Å². The quantitative estimate of drug-likeness (QED) is 0.784. The predicted octanol–water partition coefficient (Wildman–Crippen LogP) is 2.76. The lowest BCUT2D eigenvalue weighted by atomic mass is 10.2. The van der Waals surface area contributed by atoms with E-state index in [0.29, 0.717) is 16.7 Å². The molecule has 2 heterocycles. The van der Waals surface area contributed by atoms with Gasteiger partial charge in [0.2, 0.25) is 5.91 Å². The molecule has 0 spiro atoms. The number of hydrogen-bond donors (Lipinski definition) is 0. The van der Waals surface area contributed by atoms with Crippen molar-refractivity contribution in [1.29, 1.82) is 0 Å². The number of benzene rings is 1. The third-order valence-corrected chi connectivity index (χ3v) is 4.27. The third-order valence-electron chi connectivity index (χ3n) is 3.46. The van der Waals surface area contributed by atoms with E-state index in [0.717, 1.165) is 25.1 Å². The van der Waals surface area contributed by atoms with Gasteiger partial charge in [-0.2, -0.15) is 0 Å². The molecule has 3 rings (SSSR count). The first-order valence-corrected chi connectivity index (χ1v) is 6.43. The number of anilines is 1. The first kappa shape index (κ1) is 11.3. The van der Waals surface area contributed by atoms with E-state index in [9.17, 15) is 4.79 Å². The molecule has 3 nitrogen and oxygen atoms in total. The Morgan fingerprint density at radius 2 is 2.12 bits per heavy atom. The molecule has 2 fully saturated rings. The Hall–Kier alpha value is -0.770. The highest BCUT2D eigenvalue weighted by molar-refractivity contribution is 6.44. The van der Waals surface area contributed by atoms with Gasteiger partial charge in [-0.1, -0.05) is 29.3 Å². The summed E-state index contributed by atoms with van der Waals surface area (Å²) in [5.74, 6) is 0.145. The van der Waals surface area contributed by atoms with Crippen molar-refractivity contribution in [2.24, 2.45) is 0 Å². The fourth-order valence-electron chi connectivity index (χ4n) is 2.60. The van der Waals surface area contributed by atoms with Crippen molar-refractivity contribution in [1.82, 2.24) is 4.90 Å². The molecule has 17 heavy (non-hydrogen) atoms. The molecule has 2 saturated heterocycles. The van der Waals surface area contributed by atoms with Gasteiger partial charge in [-0.15, -0.1) is 0 Å². The summed E-state index contributed by atoms with van der Waals surface area (Å²) in [6, 6.07) is 5.44. The second-order valence-corrected chi connectivity index (χ2v) is 5.24. The summed E-state index contributed by atoms with van der Waals surface area (Å²) in [6.45, 7) is 1.62. The summed E-state index contributed by atoms with van der Waals surface area (Å²) in [4.78, 5) is 16.2. The second kappa shape index (κ2) is 4.16. The largest absolute Gasteiger partial charge is 0.296 e. The number of halogens is 2. The zero-order valence-electron chi connectivity index (χ0n) is 9.20. The van der Waals surface area contributed by atoms with Crippen LogP contribution in [0.4, 0.5) is 5.69 Å². The van der Waals surface area contributed by atoms with Crippen LogP contribution in [0.3, 0.4) is 0 Å². The summed E-state index contributed by atoms with van der Waals surface area (Å²) in [6.07, 6.45) is 2.06. The Balaban J connectivity index is 1.95. The van der Waals surface area contributed by atoms with Crippen molar-refractivity contribution in [3.63, 3.8) is 0 Å². The van der Waals surface area contributed by atoms with E-state index in [1.165, 1.54) is 0 Å². The maximum absolute atomic E-state index is 12.2. The van der Waals surface area contributed by atoms with Crippen molar-refractivity contribution in [2.75, 3.05) is 18.1 Å². The van der Waals surface area contributed by atoms with Crippen LogP contribution in [0.25, 0.3) is 0 Å². The molecular formula is C12H12Cl2N2O. The Labute approximate surface area is 110 Å². The van der Waals surface area contributed by atoms with Gasteiger partial charge >= 0.3 is 0 Å². The summed E-state index contributed by atoms with van der Waals surface area (Å²) >= 11 is 12.1. The molecule has 1 amide bonds. The van der Waals surface area contributed by atoms with Gasteiger partial charge in [0.25, 0.3) is 0 Å². The van der Waals surface area contributed by atoms with Crippen LogP contribution in [-0.2, 0) is 4.79 Å². The Morgan fingerprint density at radius 3 is 2.88 bits per heavy atom. The normalized spacial score (nSPS) is 24.5. The SMILES string of the molecule is O=C1[C@@H]2CCCN2CN1c1cccc(Cl)c1Cl. The van der Waals surface area contributed by atoms with Crippen molar-refractivity contribution in [3.05, 3.63) is 28.2 Å². The van der Waals surface area contributed by atoms with Crippen molar-refractivity contribution in [3.8, 4) is 0 Å². The van der Waals surface area contributed by atoms with Gasteiger partial charge in [-0.25, -0.2) is 0 Å². The number of rotatable bonds is 1. The zero-order chi connectivity index (χ0) is 12.0. The lowest BCUT2D eigenvalue weighted by Gasteiger charge is -2.19. The second-order valence-electron chi connectivity index (χ2n) is 4.45. The molecule has 0 bridgehead atoms. The zero-order valence-corrected chi connectivity index (χ0v) is 10.7. The van der Waals surface area contributed by atoms with E-state index in [-0.39, 0.29) is 11.9 Å². The lowest BCUT2D eigenvalue weighted by Crippen LogP contribution is -2.29. The average molecular weight is 271 g/mol. The summed E-state index contributed by atoms with van der Waals surface area (Å²) in [5, 5.41) is 0.952. The summed E-state index contributed by atoms with van der Waals surface area (Å²) < 4.78 is 0. The van der Waals surface area contributed by atoms with Gasteiger partial charge < -0.3 is 0 Å². The van der Waals surface area contributed by atoms with Crippen molar-refractivity contribution in [2.45, 2.75) is 18.9 Å². The minimum absolute atomic E-state index is 0.0463. The topological polar surface area (TPSA) is 23.6 Å². The summed E-state index contributed by atoms with van der Waals surface area (Å²) in [7, 11) is 0. The van der Waals surface area contributed by atoms with Gasteiger partial charge in [0.1, 0.15) is 0 Å². The maximum Gasteiger partial charge on any atom is 0.245 e. The minimum atomic E-state index is 0.0463. The Morgan fingerprint density at radius 1 is 1.29 bits per heavy atom. The van der Waals surface area contributed by atoms with Crippen LogP contribution < -0.4 is 4.90 Å². The molecule has 0 saturated carbocycles. The molecule has 2 aliphatic rings. The van der Waals surface area contributed by atoms with Gasteiger partial charge in [0.05, 0.1) is 28.4 Å². The molecule has 1 aromatic rings. The highest BCUT2D eigenvalue weighted by atomic mass is 35.5. The van der Waals surface area contributed by atoms with Gasteiger partial charge in [0, 0.05) is 6.54 Å². The smallest absolute Gasteiger partial charge is 0.245 e. The molecule has 0 unspecified atom stereocenters. The van der Waals surface area contributed by atoms with E-state index in [2.05, 4.69) is 4.90 Å². The number of carbonyl (C=O) groups is 1. The van der Waals surface area contributed by atoms with Crippen LogP contribution in [0.5, 0.6) is 0 Å². The van der Waals surface area contributed by atoms with E-state index in [1.54, 1.807) is 11.0 Å². The van der Waals surface area contributed by atoms with Crippen molar-refractivity contribution < 1.29 is 4.79 Å². The van der Waals surface area contributed by atoms with Crippen LogP contribution in [0.15, 0.2) is 18.2 Å². The van der Waals surface area contributed by atoms with E-state index in [1.807, 2.05) is 12.1 Å². The molecule has 0 N–H and O–H groups in total. The summed E-state index contributed by atoms with van der Waals surface area (Å²) in [5.41, 5.74) is 0.721. The van der Waals surface area contributed by atoms with Gasteiger partial charge in [0.15, 0.2) is 0 Å². The number of amides is 1. The molecule has 0 aromatic heterocycles. The standard InChI is InChI=1S/C12H12Cl2N2O/c13-8-3-1-4-9(11(8)14)16-7-15-6-2-5-10(15)12(16)17/h1,3-4,10H,2,5-7H2/t10-/m0/s1. The van der Waals surface area contributed by atoms with E-state index < -0.39 is 0 Å². The molecule has 1 atom stereocenters. The predicted molar refractivity (Wildman–Crippen MR) is 68.5 cm³/mol. The molecule has 90 valence electrons. The molecule has 1 aromatic carbocycles. The monoisotopic (exact) mass is 270 g/mol. The first-order chi connectivity index (χ1) is 8.18. The van der Waals surface area contributed by atoms with Crippen LogP contribution in [-0.4, -0.2) is 30.1 Å². The van der Waals surface area contributed by atoms with E-state index in [4.69, 9.17) is 23.2 Å². The molecule has 2 aliphatic heterocycles. The highest BCUT2D eigenvalue weighted by Gasteiger charge is 2.42. The number of carbonyl (C=O) groups excluding carboxylic acids is 1. The highest BCUT2D eigenvalue weighted by Crippen LogP contribution is 2.36. The van der Waals surface area contributed by atoms with Crippen molar-refractivity contribution >= 4 is 34.8 Å². The fourth-order valence-corrected chi connectivity index (χ4v) is 3.00. The number of hydrogen-bond acceptors (Lipinski definition) is 2. The Kier molecular flexibility index (Phi) is 2.77. The van der Waals surface area contributed by atoms with Crippen LogP contribution in [0, 0.1) is 0 Å². The van der Waals surface area contributed by atoms with E-state index >= 15 is 0 Å². The van der Waals surface area contributed by atoms with Gasteiger partial charge in [-0.3, -0.25) is 14.6 Å².